The van der Waals surface area contributed by atoms with E-state index in [1.807, 2.05) is 6.92 Å². The van der Waals surface area contributed by atoms with E-state index in [1.165, 1.54) is 6.20 Å². The number of ether oxygens (including phenoxy) is 1. The van der Waals surface area contributed by atoms with Gasteiger partial charge in [0.05, 0.1) is 12.8 Å². The summed E-state index contributed by atoms with van der Waals surface area (Å²) in [5.74, 6) is 0.567. The maximum atomic E-state index is 12.0. The highest BCUT2D eigenvalue weighted by molar-refractivity contribution is 5.80. The summed E-state index contributed by atoms with van der Waals surface area (Å²) in [5.41, 5.74) is 0.474. The molecule has 0 aliphatic heterocycles. The predicted octanol–water partition coefficient (Wildman–Crippen LogP) is 2.51. The van der Waals surface area contributed by atoms with E-state index in [1.54, 1.807) is 0 Å². The minimum absolute atomic E-state index is 0.0671. The second-order valence-electron chi connectivity index (χ2n) is 4.08. The van der Waals surface area contributed by atoms with Gasteiger partial charge >= 0.3 is 6.18 Å². The maximum absolute atomic E-state index is 12.0. The van der Waals surface area contributed by atoms with Crippen LogP contribution in [0.1, 0.15) is 19.8 Å². The van der Waals surface area contributed by atoms with Gasteiger partial charge in [-0.1, -0.05) is 0 Å². The summed E-state index contributed by atoms with van der Waals surface area (Å²) in [7, 11) is 0. The number of fused-ring (bicyclic) bond motifs is 1. The molecule has 2 aromatic heterocycles. The van der Waals surface area contributed by atoms with Crippen LogP contribution >= 0.6 is 0 Å². The Balaban J connectivity index is 2.06. The zero-order valence-corrected chi connectivity index (χ0v) is 10.8. The molecule has 2 N–H and O–H groups in total. The first kappa shape index (κ1) is 14.4. The fourth-order valence-corrected chi connectivity index (χ4v) is 1.60. The number of hydrogen-bond donors (Lipinski definition) is 2. The molecule has 20 heavy (non-hydrogen) atoms. The molecule has 0 bridgehead atoms. The molecule has 0 radical (unpaired) electrons. The molecule has 2 aromatic rings. The third-order valence-electron chi connectivity index (χ3n) is 2.45. The highest BCUT2D eigenvalue weighted by Crippen LogP contribution is 2.24. The van der Waals surface area contributed by atoms with Crippen LogP contribution in [0.3, 0.4) is 0 Å². The number of halogens is 3. The fourth-order valence-electron chi connectivity index (χ4n) is 1.60. The normalized spacial score (nSPS) is 11.8. The number of alkyl halides is 3. The van der Waals surface area contributed by atoms with Gasteiger partial charge in [-0.15, -0.1) is 0 Å². The van der Waals surface area contributed by atoms with Gasteiger partial charge in [0.15, 0.2) is 5.65 Å². The highest BCUT2D eigenvalue weighted by atomic mass is 19.4. The molecule has 0 atom stereocenters. The van der Waals surface area contributed by atoms with Gasteiger partial charge in [-0.3, -0.25) is 5.10 Å². The van der Waals surface area contributed by atoms with E-state index in [9.17, 15) is 13.2 Å². The summed E-state index contributed by atoms with van der Waals surface area (Å²) >= 11 is 0. The molecule has 0 spiro atoms. The number of nitrogens with zero attached hydrogens (tertiary/aromatic N) is 3. The van der Waals surface area contributed by atoms with Gasteiger partial charge in [0.1, 0.15) is 5.39 Å². The zero-order chi connectivity index (χ0) is 14.6. The van der Waals surface area contributed by atoms with E-state index >= 15 is 0 Å². The molecule has 0 saturated carbocycles. The summed E-state index contributed by atoms with van der Waals surface area (Å²) in [6.45, 7) is 2.43. The Hall–Kier alpha value is -2.06. The summed E-state index contributed by atoms with van der Waals surface area (Å²) in [6.07, 6.45) is -3.70. The molecule has 0 unspecified atom stereocenters. The molecule has 6 nitrogen and oxygen atoms in total. The number of anilines is 1. The van der Waals surface area contributed by atoms with Crippen molar-refractivity contribution >= 4 is 17.0 Å². The minimum Gasteiger partial charge on any atom is -0.477 e. The zero-order valence-electron chi connectivity index (χ0n) is 10.8. The average molecular weight is 289 g/mol. The molecule has 0 aliphatic rings. The van der Waals surface area contributed by atoms with Crippen molar-refractivity contribution in [3.63, 3.8) is 0 Å². The lowest BCUT2D eigenvalue weighted by molar-refractivity contribution is -0.136. The number of nitrogens with one attached hydrogen (secondary N) is 2. The van der Waals surface area contributed by atoms with Crippen molar-refractivity contribution in [2.45, 2.75) is 25.9 Å². The first-order chi connectivity index (χ1) is 9.49. The van der Waals surface area contributed by atoms with E-state index in [-0.39, 0.29) is 18.9 Å². The SMILES string of the molecule is CCNc1nc(OCCCC(F)(F)F)c2cn[nH]c2n1. The van der Waals surface area contributed by atoms with E-state index < -0.39 is 12.6 Å². The Kier molecular flexibility index (Phi) is 4.26. The summed E-state index contributed by atoms with van der Waals surface area (Å²) < 4.78 is 41.4. The Labute approximate surface area is 112 Å². The second-order valence-corrected chi connectivity index (χ2v) is 4.08. The van der Waals surface area contributed by atoms with Crippen molar-refractivity contribution in [2.75, 3.05) is 18.5 Å². The molecular weight excluding hydrogens is 275 g/mol. The molecule has 0 aliphatic carbocycles. The monoisotopic (exact) mass is 289 g/mol. The first-order valence-corrected chi connectivity index (χ1v) is 6.14. The van der Waals surface area contributed by atoms with Crippen LogP contribution in [0.2, 0.25) is 0 Å². The molecule has 2 rings (SSSR count). The number of aromatic nitrogens is 4. The number of rotatable bonds is 6. The molecule has 9 heteroatoms. The summed E-state index contributed by atoms with van der Waals surface area (Å²) in [5, 5.41) is 9.94. The van der Waals surface area contributed by atoms with Crippen molar-refractivity contribution in [3.05, 3.63) is 6.20 Å². The van der Waals surface area contributed by atoms with Crippen LogP contribution in [0.15, 0.2) is 6.20 Å². The molecule has 110 valence electrons. The van der Waals surface area contributed by atoms with Gasteiger partial charge in [0.2, 0.25) is 11.8 Å². The topological polar surface area (TPSA) is 75.7 Å². The van der Waals surface area contributed by atoms with Crippen molar-refractivity contribution in [1.29, 1.82) is 0 Å². The minimum atomic E-state index is -4.17. The van der Waals surface area contributed by atoms with Crippen LogP contribution in [0.4, 0.5) is 19.1 Å². The largest absolute Gasteiger partial charge is 0.477 e. The Bertz CT molecular complexity index is 569. The standard InChI is InChI=1S/C11H14F3N5O/c1-2-15-10-17-8-7(6-16-19-8)9(18-10)20-5-3-4-11(12,13)14/h6H,2-5H2,1H3,(H2,15,16,17,18,19). The van der Waals surface area contributed by atoms with Crippen LogP contribution in [0.25, 0.3) is 11.0 Å². The van der Waals surface area contributed by atoms with Gasteiger partial charge in [-0.05, 0) is 13.3 Å². The van der Waals surface area contributed by atoms with Crippen molar-refractivity contribution in [2.24, 2.45) is 0 Å². The third-order valence-corrected chi connectivity index (χ3v) is 2.45. The number of H-pyrrole nitrogens is 1. The van der Waals surface area contributed by atoms with Gasteiger partial charge in [-0.2, -0.15) is 28.2 Å². The number of aromatic amines is 1. The van der Waals surface area contributed by atoms with Crippen LogP contribution in [-0.2, 0) is 0 Å². The molecule has 0 aromatic carbocycles. The molecule has 0 saturated heterocycles. The van der Waals surface area contributed by atoms with Crippen molar-refractivity contribution in [3.8, 4) is 5.88 Å². The van der Waals surface area contributed by atoms with Crippen LogP contribution < -0.4 is 10.1 Å². The lowest BCUT2D eigenvalue weighted by Crippen LogP contribution is -2.10. The quantitative estimate of drug-likeness (QED) is 0.799. The number of hydrogen-bond acceptors (Lipinski definition) is 5. The average Bonchev–Trinajstić information content (AvgIpc) is 2.82. The lowest BCUT2D eigenvalue weighted by Gasteiger charge is -2.09. The fraction of sp³-hybridized carbons (Fsp3) is 0.545. The van der Waals surface area contributed by atoms with Crippen molar-refractivity contribution < 1.29 is 17.9 Å². The predicted molar refractivity (Wildman–Crippen MR) is 66.6 cm³/mol. The summed E-state index contributed by atoms with van der Waals surface area (Å²) in [6, 6.07) is 0. The van der Waals surface area contributed by atoms with Crippen LogP contribution in [-0.4, -0.2) is 39.5 Å². The maximum Gasteiger partial charge on any atom is 0.389 e. The highest BCUT2D eigenvalue weighted by Gasteiger charge is 2.26. The van der Waals surface area contributed by atoms with Crippen LogP contribution in [0.5, 0.6) is 5.88 Å². The third kappa shape index (κ3) is 3.72. The summed E-state index contributed by atoms with van der Waals surface area (Å²) in [4.78, 5) is 8.26. The molecular formula is C11H14F3N5O. The van der Waals surface area contributed by atoms with E-state index in [4.69, 9.17) is 4.74 Å². The Morgan fingerprint density at radius 1 is 1.35 bits per heavy atom. The van der Waals surface area contributed by atoms with Gasteiger partial charge in [0, 0.05) is 13.0 Å². The smallest absolute Gasteiger partial charge is 0.389 e. The Morgan fingerprint density at radius 2 is 2.15 bits per heavy atom. The van der Waals surface area contributed by atoms with Gasteiger partial charge < -0.3 is 10.1 Å². The Morgan fingerprint density at radius 3 is 2.85 bits per heavy atom. The van der Waals surface area contributed by atoms with Crippen molar-refractivity contribution in [1.82, 2.24) is 20.2 Å². The van der Waals surface area contributed by atoms with Crippen LogP contribution in [0, 0.1) is 0 Å². The second kappa shape index (κ2) is 5.93. The van der Waals surface area contributed by atoms with E-state index in [0.717, 1.165) is 0 Å². The van der Waals surface area contributed by atoms with Gasteiger partial charge in [0.25, 0.3) is 0 Å². The molecule has 2 heterocycles. The van der Waals surface area contributed by atoms with Gasteiger partial charge in [-0.25, -0.2) is 0 Å². The van der Waals surface area contributed by atoms with E-state index in [2.05, 4.69) is 25.5 Å². The van der Waals surface area contributed by atoms with E-state index in [0.29, 0.717) is 23.5 Å². The molecule has 0 amide bonds. The first-order valence-electron chi connectivity index (χ1n) is 6.14. The molecule has 0 fully saturated rings. The lowest BCUT2D eigenvalue weighted by atomic mass is 10.3.